The Labute approximate surface area is 258 Å². The molecule has 0 bridgehead atoms. The van der Waals surface area contributed by atoms with Crippen LogP contribution in [-0.2, 0) is 24.2 Å². The highest BCUT2D eigenvalue weighted by molar-refractivity contribution is 5.91. The molecule has 1 aromatic carbocycles. The maximum absolute atomic E-state index is 14.9. The second-order valence-electron chi connectivity index (χ2n) is 12.5. The molecule has 11 heteroatoms. The van der Waals surface area contributed by atoms with Crippen molar-refractivity contribution in [2.24, 2.45) is 0 Å². The average molecular weight is 606 g/mol. The standard InChI is InChI=1S/C33H41F2N7O2/c1-22(34)33(43)42-15-14-41(19-25(42)8-10-36)29-18-31(44-21-26-7-5-11-38(26)2)37-28-20-40(13-9-27(28)29)30-17-24(35)16-23-6-4-12-39(3)32(23)30/h16-18,25-26H,1,4-9,11-15,19-21H2,2-3H3/t25-,26-/m0/s1. The number of nitrogens with zero attached hydrogens (tertiary/aromatic N) is 7. The molecule has 0 radical (unpaired) electrons. The van der Waals surface area contributed by atoms with Crippen molar-refractivity contribution in [3.05, 3.63) is 53.2 Å². The summed E-state index contributed by atoms with van der Waals surface area (Å²) in [6.07, 6.45) is 4.87. The van der Waals surface area contributed by atoms with Crippen LogP contribution in [0.2, 0.25) is 0 Å². The van der Waals surface area contributed by atoms with E-state index in [4.69, 9.17) is 9.72 Å². The van der Waals surface area contributed by atoms with Crippen LogP contribution in [0.15, 0.2) is 30.6 Å². The van der Waals surface area contributed by atoms with Crippen molar-refractivity contribution in [3.63, 3.8) is 0 Å². The van der Waals surface area contributed by atoms with E-state index in [0.29, 0.717) is 51.1 Å². The van der Waals surface area contributed by atoms with Gasteiger partial charge in [0.1, 0.15) is 12.4 Å². The molecule has 0 spiro atoms. The SMILES string of the molecule is C=C(F)C(=O)N1CCN(c2cc(OC[C@@H]3CCCN3C)nc3c2CCN(c2cc(F)cc4c2N(C)CCC4)C3)C[C@@H]1CC#N. The number of carbonyl (C=O) groups is 1. The smallest absolute Gasteiger partial charge is 0.282 e. The number of fused-ring (bicyclic) bond motifs is 2. The normalized spacial score (nSPS) is 22.0. The van der Waals surface area contributed by atoms with Gasteiger partial charge in [0.05, 0.1) is 42.1 Å². The maximum atomic E-state index is 14.9. The molecule has 0 N–H and O–H groups in total. The zero-order valence-electron chi connectivity index (χ0n) is 25.7. The van der Waals surface area contributed by atoms with E-state index in [1.54, 1.807) is 12.1 Å². The first-order valence-corrected chi connectivity index (χ1v) is 15.6. The largest absolute Gasteiger partial charge is 0.476 e. The first kappa shape index (κ1) is 30.1. The molecule has 1 aromatic heterocycles. The Morgan fingerprint density at radius 2 is 1.91 bits per heavy atom. The van der Waals surface area contributed by atoms with Crippen LogP contribution in [0.4, 0.5) is 25.8 Å². The highest BCUT2D eigenvalue weighted by Gasteiger charge is 2.35. The predicted octanol–water partition coefficient (Wildman–Crippen LogP) is 4.05. The van der Waals surface area contributed by atoms with Crippen molar-refractivity contribution in [2.45, 2.75) is 57.2 Å². The summed E-state index contributed by atoms with van der Waals surface area (Å²) >= 11 is 0. The molecule has 1 amide bonds. The van der Waals surface area contributed by atoms with E-state index in [9.17, 15) is 18.8 Å². The number of halogens is 2. The molecule has 44 heavy (non-hydrogen) atoms. The number of hydrogen-bond donors (Lipinski definition) is 0. The second kappa shape index (κ2) is 12.6. The van der Waals surface area contributed by atoms with Crippen LogP contribution >= 0.6 is 0 Å². The summed E-state index contributed by atoms with van der Waals surface area (Å²) in [5, 5.41) is 9.51. The van der Waals surface area contributed by atoms with Crippen LogP contribution < -0.4 is 19.4 Å². The Kier molecular flexibility index (Phi) is 8.63. The topological polar surface area (TPSA) is 79.2 Å². The van der Waals surface area contributed by atoms with Gasteiger partial charge in [0, 0.05) is 63.1 Å². The third-order valence-corrected chi connectivity index (χ3v) is 9.67. The van der Waals surface area contributed by atoms with Crippen LogP contribution in [0, 0.1) is 17.1 Å². The van der Waals surface area contributed by atoms with E-state index in [2.05, 4.69) is 46.3 Å². The van der Waals surface area contributed by atoms with Gasteiger partial charge in [-0.15, -0.1) is 0 Å². The molecule has 4 aliphatic rings. The molecule has 2 fully saturated rings. The summed E-state index contributed by atoms with van der Waals surface area (Å²) < 4.78 is 35.0. The number of nitriles is 1. The number of aryl methyl sites for hydroxylation is 1. The third-order valence-electron chi connectivity index (χ3n) is 9.67. The highest BCUT2D eigenvalue weighted by Crippen LogP contribution is 2.41. The van der Waals surface area contributed by atoms with Crippen molar-refractivity contribution in [1.29, 1.82) is 5.26 Å². The second-order valence-corrected chi connectivity index (χ2v) is 12.5. The number of anilines is 3. The molecule has 2 saturated heterocycles. The summed E-state index contributed by atoms with van der Waals surface area (Å²) in [5.74, 6) is -1.46. The van der Waals surface area contributed by atoms with Crippen LogP contribution in [0.1, 0.15) is 42.5 Å². The number of hydrogen-bond acceptors (Lipinski definition) is 8. The van der Waals surface area contributed by atoms with Crippen LogP contribution in [-0.4, -0.2) is 92.7 Å². The van der Waals surface area contributed by atoms with E-state index in [0.717, 1.165) is 72.7 Å². The Morgan fingerprint density at radius 1 is 1.07 bits per heavy atom. The Hall–Kier alpha value is -3.91. The first-order valence-electron chi connectivity index (χ1n) is 15.6. The minimum absolute atomic E-state index is 0.0894. The van der Waals surface area contributed by atoms with Gasteiger partial charge in [-0.2, -0.15) is 5.26 Å². The van der Waals surface area contributed by atoms with Crippen molar-refractivity contribution < 1.29 is 18.3 Å². The van der Waals surface area contributed by atoms with E-state index in [1.807, 2.05) is 6.07 Å². The lowest BCUT2D eigenvalue weighted by Crippen LogP contribution is -2.55. The molecule has 0 aliphatic carbocycles. The number of rotatable bonds is 7. The molecule has 234 valence electrons. The first-order chi connectivity index (χ1) is 21.2. The van der Waals surface area contributed by atoms with Crippen molar-refractivity contribution >= 4 is 23.0 Å². The van der Waals surface area contributed by atoms with Crippen LogP contribution in [0.5, 0.6) is 5.88 Å². The van der Waals surface area contributed by atoms with Crippen molar-refractivity contribution in [1.82, 2.24) is 14.8 Å². The third kappa shape index (κ3) is 5.92. The fourth-order valence-electron chi connectivity index (χ4n) is 7.34. The Balaban J connectivity index is 1.33. The van der Waals surface area contributed by atoms with Gasteiger partial charge in [-0.25, -0.2) is 13.8 Å². The van der Waals surface area contributed by atoms with E-state index in [1.165, 1.54) is 4.90 Å². The molecular weight excluding hydrogens is 564 g/mol. The number of likely N-dealkylation sites (N-methyl/N-ethyl adjacent to an activating group) is 1. The quantitative estimate of drug-likeness (QED) is 0.438. The van der Waals surface area contributed by atoms with Crippen LogP contribution in [0.3, 0.4) is 0 Å². The molecule has 2 aromatic rings. The van der Waals surface area contributed by atoms with Gasteiger partial charge in [-0.05, 0) is 63.4 Å². The summed E-state index contributed by atoms with van der Waals surface area (Å²) in [4.78, 5) is 27.9. The van der Waals surface area contributed by atoms with E-state index < -0.39 is 17.8 Å². The molecule has 0 saturated carbocycles. The molecule has 5 heterocycles. The summed E-state index contributed by atoms with van der Waals surface area (Å²) in [7, 11) is 4.18. The molecule has 6 rings (SSSR count). The monoisotopic (exact) mass is 605 g/mol. The van der Waals surface area contributed by atoms with Gasteiger partial charge < -0.3 is 29.2 Å². The van der Waals surface area contributed by atoms with E-state index >= 15 is 0 Å². The number of carbonyl (C=O) groups excluding carboxylic acids is 1. The minimum atomic E-state index is -1.01. The average Bonchev–Trinajstić information content (AvgIpc) is 3.43. The molecule has 2 atom stereocenters. The van der Waals surface area contributed by atoms with Gasteiger partial charge >= 0.3 is 0 Å². The lowest BCUT2D eigenvalue weighted by Gasteiger charge is -2.43. The Morgan fingerprint density at radius 3 is 2.66 bits per heavy atom. The van der Waals surface area contributed by atoms with Crippen molar-refractivity contribution in [2.75, 3.05) is 74.7 Å². The molecular formula is C33H41F2N7O2. The number of aromatic nitrogens is 1. The molecule has 9 nitrogen and oxygen atoms in total. The lowest BCUT2D eigenvalue weighted by molar-refractivity contribution is -0.131. The van der Waals surface area contributed by atoms with Gasteiger partial charge in [-0.1, -0.05) is 6.58 Å². The maximum Gasteiger partial charge on any atom is 0.282 e. The Bertz CT molecular complexity index is 1480. The van der Waals surface area contributed by atoms with Gasteiger partial charge in [0.25, 0.3) is 5.91 Å². The fourth-order valence-corrected chi connectivity index (χ4v) is 7.34. The molecule has 0 unspecified atom stereocenters. The van der Waals surface area contributed by atoms with Gasteiger partial charge in [0.15, 0.2) is 5.83 Å². The number of ether oxygens (including phenoxy) is 1. The summed E-state index contributed by atoms with van der Waals surface area (Å²) in [6, 6.07) is 7.31. The number of pyridine rings is 1. The number of likely N-dealkylation sites (tertiary alicyclic amines) is 1. The fraction of sp³-hybridized carbons (Fsp3) is 0.545. The van der Waals surface area contributed by atoms with Gasteiger partial charge in [-0.3, -0.25) is 4.79 Å². The highest BCUT2D eigenvalue weighted by atomic mass is 19.1. The van der Waals surface area contributed by atoms with Gasteiger partial charge in [0.2, 0.25) is 5.88 Å². The minimum Gasteiger partial charge on any atom is -0.476 e. The van der Waals surface area contributed by atoms with Crippen LogP contribution in [0.25, 0.3) is 0 Å². The number of amides is 1. The molecule has 4 aliphatic heterocycles. The number of piperazine rings is 1. The summed E-state index contributed by atoms with van der Waals surface area (Å²) in [5.41, 5.74) is 5.97. The van der Waals surface area contributed by atoms with E-state index in [-0.39, 0.29) is 18.8 Å². The zero-order chi connectivity index (χ0) is 31.0. The predicted molar refractivity (Wildman–Crippen MR) is 166 cm³/mol. The lowest BCUT2D eigenvalue weighted by atomic mass is 9.97. The summed E-state index contributed by atoms with van der Waals surface area (Å²) in [6.45, 7) is 8.05. The van der Waals surface area contributed by atoms with Crippen molar-refractivity contribution in [3.8, 4) is 11.9 Å². The zero-order valence-corrected chi connectivity index (χ0v) is 25.7. The number of benzene rings is 1.